The van der Waals surface area contributed by atoms with Crippen molar-refractivity contribution in [2.24, 2.45) is 0 Å². The summed E-state index contributed by atoms with van der Waals surface area (Å²) in [4.78, 5) is 9.41. The fourth-order valence-corrected chi connectivity index (χ4v) is 4.70. The Kier molecular flexibility index (Phi) is 7.20. The van der Waals surface area contributed by atoms with E-state index in [0.29, 0.717) is 11.6 Å². The number of benzene rings is 3. The number of ether oxygens (including phenoxy) is 1. The zero-order valence-electron chi connectivity index (χ0n) is 24.1. The second-order valence-electron chi connectivity index (χ2n) is 12.2. The van der Waals surface area contributed by atoms with Crippen molar-refractivity contribution in [1.82, 2.24) is 9.97 Å². The van der Waals surface area contributed by atoms with Gasteiger partial charge in [-0.2, -0.15) is 0 Å². The molecule has 40 heavy (non-hydrogen) atoms. The van der Waals surface area contributed by atoms with Gasteiger partial charge in [0.1, 0.15) is 11.5 Å². The normalized spacial score (nSPS) is 11.8. The Hall–Kier alpha value is -4.44. The van der Waals surface area contributed by atoms with Crippen LogP contribution in [0.3, 0.4) is 0 Å². The number of hydrogen-bond acceptors (Lipinski definition) is 4. The standard InChI is InChI=1S/C36H36N2O2/c1-35(2,3)27-22-29(34(39)30(23-27)36(4,5)6)32-21-26(24-13-8-7-9-14-24)20-31(38-32)25-15-12-16-28(19-25)40-33-17-10-11-18-37-33/h7-23,39H,1-6H3. The highest BCUT2D eigenvalue weighted by Crippen LogP contribution is 2.43. The first-order valence-electron chi connectivity index (χ1n) is 13.6. The number of nitrogens with zero attached hydrogens (tertiary/aromatic N) is 2. The van der Waals surface area contributed by atoms with E-state index in [9.17, 15) is 5.11 Å². The van der Waals surface area contributed by atoms with Gasteiger partial charge >= 0.3 is 0 Å². The third-order valence-corrected chi connectivity index (χ3v) is 6.98. The van der Waals surface area contributed by atoms with E-state index < -0.39 is 0 Å². The van der Waals surface area contributed by atoms with Crippen LogP contribution in [0.25, 0.3) is 33.6 Å². The zero-order chi connectivity index (χ0) is 28.5. The van der Waals surface area contributed by atoms with Crippen LogP contribution in [0.5, 0.6) is 17.4 Å². The molecule has 0 fully saturated rings. The summed E-state index contributed by atoms with van der Waals surface area (Å²) < 4.78 is 6.02. The van der Waals surface area contributed by atoms with Crippen molar-refractivity contribution in [3.05, 3.63) is 114 Å². The molecule has 0 aliphatic carbocycles. The monoisotopic (exact) mass is 528 g/mol. The Morgan fingerprint density at radius 3 is 2.00 bits per heavy atom. The maximum absolute atomic E-state index is 11.6. The van der Waals surface area contributed by atoms with E-state index in [4.69, 9.17) is 9.72 Å². The molecular weight excluding hydrogens is 492 g/mol. The van der Waals surface area contributed by atoms with E-state index >= 15 is 0 Å². The Morgan fingerprint density at radius 1 is 0.625 bits per heavy atom. The van der Waals surface area contributed by atoms with E-state index in [1.807, 2.05) is 60.7 Å². The molecule has 4 heteroatoms. The van der Waals surface area contributed by atoms with Crippen molar-refractivity contribution in [3.63, 3.8) is 0 Å². The van der Waals surface area contributed by atoms with Crippen LogP contribution in [-0.2, 0) is 10.8 Å². The Bertz CT molecular complexity index is 1630. The molecule has 0 aliphatic rings. The van der Waals surface area contributed by atoms with Crippen molar-refractivity contribution >= 4 is 0 Å². The minimum Gasteiger partial charge on any atom is -0.507 e. The van der Waals surface area contributed by atoms with Gasteiger partial charge < -0.3 is 9.84 Å². The lowest BCUT2D eigenvalue weighted by atomic mass is 9.78. The molecule has 0 aliphatic heterocycles. The maximum Gasteiger partial charge on any atom is 0.219 e. The second-order valence-corrected chi connectivity index (χ2v) is 12.2. The molecule has 2 aromatic heterocycles. The maximum atomic E-state index is 11.6. The molecule has 0 unspecified atom stereocenters. The van der Waals surface area contributed by atoms with Crippen LogP contribution in [0, 0.1) is 0 Å². The lowest BCUT2D eigenvalue weighted by Gasteiger charge is -2.27. The summed E-state index contributed by atoms with van der Waals surface area (Å²) >= 11 is 0. The van der Waals surface area contributed by atoms with Crippen LogP contribution in [0.15, 0.2) is 103 Å². The summed E-state index contributed by atoms with van der Waals surface area (Å²) in [5.41, 5.74) is 7.00. The van der Waals surface area contributed by atoms with Crippen molar-refractivity contribution in [3.8, 4) is 51.0 Å². The van der Waals surface area contributed by atoms with E-state index in [1.165, 1.54) is 0 Å². The average molecular weight is 529 g/mol. The summed E-state index contributed by atoms with van der Waals surface area (Å²) in [6, 6.07) is 32.1. The third kappa shape index (κ3) is 5.91. The fraction of sp³-hybridized carbons (Fsp3) is 0.222. The molecule has 5 aromatic rings. The zero-order valence-corrected chi connectivity index (χ0v) is 24.1. The van der Waals surface area contributed by atoms with Gasteiger partial charge in [-0.15, -0.1) is 0 Å². The van der Waals surface area contributed by atoms with E-state index in [1.54, 1.807) is 6.20 Å². The lowest BCUT2D eigenvalue weighted by Crippen LogP contribution is -2.17. The fourth-order valence-electron chi connectivity index (χ4n) is 4.70. The minimum absolute atomic E-state index is 0.0978. The highest BCUT2D eigenvalue weighted by Gasteiger charge is 2.26. The number of rotatable bonds is 5. The summed E-state index contributed by atoms with van der Waals surface area (Å²) in [6.07, 6.45) is 1.71. The van der Waals surface area contributed by atoms with Crippen LogP contribution >= 0.6 is 0 Å². The first-order valence-corrected chi connectivity index (χ1v) is 13.6. The topological polar surface area (TPSA) is 55.2 Å². The third-order valence-electron chi connectivity index (χ3n) is 6.98. The lowest BCUT2D eigenvalue weighted by molar-refractivity contribution is 0.446. The molecule has 202 valence electrons. The molecule has 0 radical (unpaired) electrons. The van der Waals surface area contributed by atoms with Gasteiger partial charge in [-0.3, -0.25) is 0 Å². The molecule has 0 spiro atoms. The quantitative estimate of drug-likeness (QED) is 0.247. The second kappa shape index (κ2) is 10.6. The molecule has 0 saturated carbocycles. The predicted octanol–water partition coefficient (Wildman–Crippen LogP) is 9.57. The largest absolute Gasteiger partial charge is 0.507 e. The smallest absolute Gasteiger partial charge is 0.219 e. The molecule has 0 bridgehead atoms. The minimum atomic E-state index is -0.239. The van der Waals surface area contributed by atoms with Gasteiger partial charge in [0.25, 0.3) is 0 Å². The van der Waals surface area contributed by atoms with Crippen molar-refractivity contribution in [2.75, 3.05) is 0 Å². The number of pyridine rings is 2. The Morgan fingerprint density at radius 2 is 1.32 bits per heavy atom. The molecule has 2 heterocycles. The van der Waals surface area contributed by atoms with E-state index in [-0.39, 0.29) is 16.6 Å². The molecule has 0 amide bonds. The summed E-state index contributed by atoms with van der Waals surface area (Å²) in [5.74, 6) is 1.48. The SMILES string of the molecule is CC(C)(C)c1cc(-c2cc(-c3ccccc3)cc(-c3cccc(Oc4ccccn4)c3)n2)c(O)c(C(C)(C)C)c1. The molecular formula is C36H36N2O2. The number of phenolic OH excluding ortho intramolecular Hbond substituents is 1. The van der Waals surface area contributed by atoms with Gasteiger partial charge in [0.05, 0.1) is 11.4 Å². The molecule has 5 rings (SSSR count). The summed E-state index contributed by atoms with van der Waals surface area (Å²) in [5, 5.41) is 11.6. The summed E-state index contributed by atoms with van der Waals surface area (Å²) in [7, 11) is 0. The van der Waals surface area contributed by atoms with E-state index in [2.05, 4.69) is 82.9 Å². The first-order chi connectivity index (χ1) is 19.0. The van der Waals surface area contributed by atoms with Crippen molar-refractivity contribution < 1.29 is 9.84 Å². The molecule has 0 atom stereocenters. The predicted molar refractivity (Wildman–Crippen MR) is 164 cm³/mol. The summed E-state index contributed by atoms with van der Waals surface area (Å²) in [6.45, 7) is 13.0. The number of aromatic hydroxyl groups is 1. The molecule has 1 N–H and O–H groups in total. The van der Waals surface area contributed by atoms with Gasteiger partial charge in [0.15, 0.2) is 0 Å². The number of aromatic nitrogens is 2. The Labute approximate surface area is 237 Å². The van der Waals surface area contributed by atoms with Crippen LogP contribution in [-0.4, -0.2) is 15.1 Å². The van der Waals surface area contributed by atoms with Crippen molar-refractivity contribution in [1.29, 1.82) is 0 Å². The number of phenols is 1. The highest BCUT2D eigenvalue weighted by molar-refractivity contribution is 5.80. The Balaban J connectivity index is 1.71. The average Bonchev–Trinajstić information content (AvgIpc) is 2.93. The van der Waals surface area contributed by atoms with E-state index in [0.717, 1.165) is 44.8 Å². The number of hydrogen-bond donors (Lipinski definition) is 1. The van der Waals surface area contributed by atoms with Gasteiger partial charge in [-0.1, -0.05) is 96.1 Å². The van der Waals surface area contributed by atoms with Gasteiger partial charge in [-0.25, -0.2) is 9.97 Å². The molecule has 0 saturated heterocycles. The molecule has 4 nitrogen and oxygen atoms in total. The van der Waals surface area contributed by atoms with Crippen molar-refractivity contribution in [2.45, 2.75) is 52.4 Å². The van der Waals surface area contributed by atoms with Gasteiger partial charge in [-0.05, 0) is 63.9 Å². The first kappa shape index (κ1) is 27.1. The molecule has 3 aromatic carbocycles. The van der Waals surface area contributed by atoms with Crippen LogP contribution in [0.4, 0.5) is 0 Å². The van der Waals surface area contributed by atoms with Crippen LogP contribution < -0.4 is 4.74 Å². The van der Waals surface area contributed by atoms with Crippen LogP contribution in [0.1, 0.15) is 52.7 Å². The van der Waals surface area contributed by atoms with Gasteiger partial charge in [0.2, 0.25) is 5.88 Å². The highest BCUT2D eigenvalue weighted by atomic mass is 16.5. The van der Waals surface area contributed by atoms with Gasteiger partial charge in [0, 0.05) is 29.0 Å². The van der Waals surface area contributed by atoms with Crippen LogP contribution in [0.2, 0.25) is 0 Å².